The van der Waals surface area contributed by atoms with E-state index in [0.717, 1.165) is 38.4 Å². The van der Waals surface area contributed by atoms with Crippen LogP contribution in [0.2, 0.25) is 0 Å². The Balaban J connectivity index is 1.67. The summed E-state index contributed by atoms with van der Waals surface area (Å²) in [5.74, 6) is 0.820. The van der Waals surface area contributed by atoms with E-state index in [0.29, 0.717) is 0 Å². The second-order valence-electron chi connectivity index (χ2n) is 6.21. The molecule has 4 heteroatoms. The predicted octanol–water partition coefficient (Wildman–Crippen LogP) is 3.63. The number of carbonyl (C=O) groups excluding carboxylic acids is 1. The van der Waals surface area contributed by atoms with Crippen LogP contribution in [0.3, 0.4) is 0 Å². The zero-order valence-electron chi connectivity index (χ0n) is 13.8. The molecule has 122 valence electrons. The number of nitrogens with one attached hydrogen (secondary N) is 1. The third kappa shape index (κ3) is 5.66. The number of urea groups is 1. The number of pyridine rings is 1. The summed E-state index contributed by atoms with van der Waals surface area (Å²) in [4.78, 5) is 18.1. The average molecular weight is 303 g/mol. The Bertz CT molecular complexity index is 429. The molecule has 1 heterocycles. The number of hydrogen-bond donors (Lipinski definition) is 1. The van der Waals surface area contributed by atoms with E-state index in [9.17, 15) is 4.79 Å². The first-order valence-electron chi connectivity index (χ1n) is 8.71. The molecule has 1 aliphatic carbocycles. The number of likely N-dealkylation sites (N-methyl/N-ethyl adjacent to an activating group) is 1. The van der Waals surface area contributed by atoms with Crippen molar-refractivity contribution < 1.29 is 4.79 Å². The molecule has 1 aliphatic rings. The lowest BCUT2D eigenvalue weighted by molar-refractivity contribution is 0.199. The molecule has 2 rings (SSSR count). The van der Waals surface area contributed by atoms with Crippen LogP contribution in [0.4, 0.5) is 4.79 Å². The van der Waals surface area contributed by atoms with Gasteiger partial charge in [0.25, 0.3) is 0 Å². The Morgan fingerprint density at radius 2 is 2.00 bits per heavy atom. The number of nitrogens with zero attached hydrogens (tertiary/aromatic N) is 2. The Morgan fingerprint density at radius 1 is 1.27 bits per heavy atom. The third-order valence-electron chi connectivity index (χ3n) is 4.64. The maximum absolute atomic E-state index is 12.2. The Morgan fingerprint density at radius 3 is 2.68 bits per heavy atom. The standard InChI is InChI=1S/C18H29N3O/c1-2-21(15-11-17-8-12-19-13-9-17)18(22)20-14-10-16-6-4-3-5-7-16/h8-9,12-13,16H,2-7,10-11,14-15H2,1H3,(H,20,22). The molecule has 1 aromatic rings. The van der Waals surface area contributed by atoms with E-state index in [1.54, 1.807) is 12.4 Å². The molecular formula is C18H29N3O. The smallest absolute Gasteiger partial charge is 0.317 e. The summed E-state index contributed by atoms with van der Waals surface area (Å²) in [7, 11) is 0. The van der Waals surface area contributed by atoms with E-state index in [1.807, 2.05) is 24.0 Å². The molecule has 0 bridgehead atoms. The predicted molar refractivity (Wildman–Crippen MR) is 89.8 cm³/mol. The normalized spacial score (nSPS) is 15.5. The Hall–Kier alpha value is -1.58. The van der Waals surface area contributed by atoms with E-state index >= 15 is 0 Å². The fourth-order valence-electron chi connectivity index (χ4n) is 3.19. The van der Waals surface area contributed by atoms with Gasteiger partial charge in [-0.05, 0) is 43.4 Å². The van der Waals surface area contributed by atoms with Gasteiger partial charge in [-0.1, -0.05) is 32.1 Å². The van der Waals surface area contributed by atoms with Gasteiger partial charge in [-0.25, -0.2) is 4.79 Å². The van der Waals surface area contributed by atoms with Gasteiger partial charge in [0, 0.05) is 32.0 Å². The molecule has 0 unspecified atom stereocenters. The lowest BCUT2D eigenvalue weighted by Crippen LogP contribution is -2.41. The van der Waals surface area contributed by atoms with Gasteiger partial charge in [-0.15, -0.1) is 0 Å². The van der Waals surface area contributed by atoms with Gasteiger partial charge in [0.05, 0.1) is 0 Å². The average Bonchev–Trinajstić information content (AvgIpc) is 2.57. The van der Waals surface area contributed by atoms with Crippen molar-refractivity contribution in [3.63, 3.8) is 0 Å². The second-order valence-corrected chi connectivity index (χ2v) is 6.21. The second kappa shape index (κ2) is 9.44. The summed E-state index contributed by atoms with van der Waals surface area (Å²) in [5.41, 5.74) is 1.23. The maximum atomic E-state index is 12.2. The summed E-state index contributed by atoms with van der Waals surface area (Å²) >= 11 is 0. The molecule has 2 amide bonds. The summed E-state index contributed by atoms with van der Waals surface area (Å²) in [6, 6.07) is 4.09. The van der Waals surface area contributed by atoms with Gasteiger partial charge in [-0.2, -0.15) is 0 Å². The summed E-state index contributed by atoms with van der Waals surface area (Å²) in [5, 5.41) is 3.09. The largest absolute Gasteiger partial charge is 0.338 e. The first-order valence-corrected chi connectivity index (χ1v) is 8.71. The van der Waals surface area contributed by atoms with E-state index in [-0.39, 0.29) is 6.03 Å². The van der Waals surface area contributed by atoms with Crippen molar-refractivity contribution in [1.29, 1.82) is 0 Å². The van der Waals surface area contributed by atoms with Crippen molar-refractivity contribution in [3.05, 3.63) is 30.1 Å². The van der Waals surface area contributed by atoms with Gasteiger partial charge in [-0.3, -0.25) is 4.98 Å². The Labute approximate surface area is 134 Å². The van der Waals surface area contributed by atoms with Gasteiger partial charge in [0.15, 0.2) is 0 Å². The first-order chi connectivity index (χ1) is 10.8. The molecule has 1 aromatic heterocycles. The number of rotatable bonds is 7. The van der Waals surface area contributed by atoms with Crippen molar-refractivity contribution >= 4 is 6.03 Å². The van der Waals surface area contributed by atoms with Crippen LogP contribution < -0.4 is 5.32 Å². The topological polar surface area (TPSA) is 45.2 Å². The van der Waals surface area contributed by atoms with Crippen molar-refractivity contribution in [2.75, 3.05) is 19.6 Å². The third-order valence-corrected chi connectivity index (χ3v) is 4.64. The van der Waals surface area contributed by atoms with Crippen LogP contribution in [0.5, 0.6) is 0 Å². The lowest BCUT2D eigenvalue weighted by Gasteiger charge is -2.24. The molecule has 0 aliphatic heterocycles. The molecule has 1 N–H and O–H groups in total. The molecule has 1 fully saturated rings. The highest BCUT2D eigenvalue weighted by Crippen LogP contribution is 2.25. The van der Waals surface area contributed by atoms with Crippen molar-refractivity contribution in [1.82, 2.24) is 15.2 Å². The van der Waals surface area contributed by atoms with Crippen LogP contribution in [0.1, 0.15) is 51.0 Å². The molecule has 0 saturated heterocycles. The highest BCUT2D eigenvalue weighted by atomic mass is 16.2. The van der Waals surface area contributed by atoms with Crippen molar-refractivity contribution in [3.8, 4) is 0 Å². The number of carbonyl (C=O) groups is 1. The maximum Gasteiger partial charge on any atom is 0.317 e. The minimum atomic E-state index is 0.0763. The molecule has 22 heavy (non-hydrogen) atoms. The monoisotopic (exact) mass is 303 g/mol. The Kier molecular flexibility index (Phi) is 7.20. The minimum Gasteiger partial charge on any atom is -0.338 e. The molecule has 0 atom stereocenters. The van der Waals surface area contributed by atoms with Crippen molar-refractivity contribution in [2.24, 2.45) is 5.92 Å². The van der Waals surface area contributed by atoms with Crippen LogP contribution in [0.15, 0.2) is 24.5 Å². The molecule has 1 saturated carbocycles. The molecule has 0 radical (unpaired) electrons. The summed E-state index contributed by atoms with van der Waals surface area (Å²) in [6.07, 6.45) is 12.4. The zero-order chi connectivity index (χ0) is 15.6. The van der Waals surface area contributed by atoms with Crippen LogP contribution in [-0.4, -0.2) is 35.5 Å². The van der Waals surface area contributed by atoms with E-state index in [4.69, 9.17) is 0 Å². The van der Waals surface area contributed by atoms with Gasteiger partial charge in [0.2, 0.25) is 0 Å². The fraction of sp³-hybridized carbons (Fsp3) is 0.667. The van der Waals surface area contributed by atoms with Crippen molar-refractivity contribution in [2.45, 2.75) is 51.9 Å². The quantitative estimate of drug-likeness (QED) is 0.836. The van der Waals surface area contributed by atoms with Crippen LogP contribution in [-0.2, 0) is 6.42 Å². The zero-order valence-corrected chi connectivity index (χ0v) is 13.8. The first kappa shape index (κ1) is 16.8. The lowest BCUT2D eigenvalue weighted by atomic mass is 9.87. The van der Waals surface area contributed by atoms with Gasteiger partial charge in [0.1, 0.15) is 0 Å². The van der Waals surface area contributed by atoms with E-state index in [1.165, 1.54) is 37.7 Å². The number of aromatic nitrogens is 1. The number of hydrogen-bond acceptors (Lipinski definition) is 2. The van der Waals surface area contributed by atoms with E-state index < -0.39 is 0 Å². The highest BCUT2D eigenvalue weighted by molar-refractivity contribution is 5.74. The molecule has 4 nitrogen and oxygen atoms in total. The summed E-state index contributed by atoms with van der Waals surface area (Å²) in [6.45, 7) is 4.36. The fourth-order valence-corrected chi connectivity index (χ4v) is 3.19. The SMILES string of the molecule is CCN(CCc1ccncc1)C(=O)NCCC1CCCCC1. The van der Waals surface area contributed by atoms with Crippen LogP contribution in [0.25, 0.3) is 0 Å². The van der Waals surface area contributed by atoms with E-state index in [2.05, 4.69) is 10.3 Å². The van der Waals surface area contributed by atoms with Gasteiger partial charge < -0.3 is 10.2 Å². The van der Waals surface area contributed by atoms with Crippen LogP contribution in [0, 0.1) is 5.92 Å². The van der Waals surface area contributed by atoms with Crippen LogP contribution >= 0.6 is 0 Å². The highest BCUT2D eigenvalue weighted by Gasteiger charge is 2.15. The molecular weight excluding hydrogens is 274 g/mol. The summed E-state index contributed by atoms with van der Waals surface area (Å²) < 4.78 is 0. The molecule has 0 spiro atoms. The molecule has 0 aromatic carbocycles. The van der Waals surface area contributed by atoms with Gasteiger partial charge >= 0.3 is 6.03 Å². The number of amides is 2. The minimum absolute atomic E-state index is 0.0763.